The quantitative estimate of drug-likeness (QED) is 0.839. The molecule has 0 spiro atoms. The topological polar surface area (TPSA) is 16.6 Å². The molecule has 0 aliphatic carbocycles. The molecule has 19 heavy (non-hydrogen) atoms. The molecule has 1 heteroatoms. The van der Waals surface area contributed by atoms with Gasteiger partial charge >= 0.3 is 0 Å². The van der Waals surface area contributed by atoms with Crippen molar-refractivity contribution >= 4 is 0 Å². The molecule has 1 heterocycles. The minimum Gasteiger partial charge on any atom is -0.311 e. The Morgan fingerprint density at radius 2 is 1.68 bits per heavy atom. The Hall–Kier alpha value is -2.12. The molecule has 2 aromatic rings. The maximum atomic E-state index is 2.23. The summed E-state index contributed by atoms with van der Waals surface area (Å²) in [6.45, 7) is 2.16. The Morgan fingerprint density at radius 3 is 2.37 bits per heavy atom. The van der Waals surface area contributed by atoms with E-state index in [1.165, 1.54) is 22.3 Å². The van der Waals surface area contributed by atoms with Crippen molar-refractivity contribution in [3.63, 3.8) is 0 Å². The van der Waals surface area contributed by atoms with Crippen molar-refractivity contribution in [2.24, 2.45) is 0 Å². The van der Waals surface area contributed by atoms with Crippen LogP contribution in [0.15, 0.2) is 73.0 Å². The molecular weight excluding hydrogens is 230 g/mol. The molecule has 94 valence electrons. The highest BCUT2D eigenvalue weighted by molar-refractivity contribution is 5.67. The van der Waals surface area contributed by atoms with Crippen LogP contribution in [-0.4, -0.2) is 0 Å². The van der Waals surface area contributed by atoms with Crippen LogP contribution in [0.25, 0.3) is 11.1 Å². The molecule has 0 amide bonds. The summed E-state index contributed by atoms with van der Waals surface area (Å²) < 4.78 is 0. The Labute approximate surface area is 114 Å². The predicted octanol–water partition coefficient (Wildman–Crippen LogP) is 3.35. The second-order valence-corrected chi connectivity index (χ2v) is 4.92. The van der Waals surface area contributed by atoms with Gasteiger partial charge in [0.25, 0.3) is 0 Å². The van der Waals surface area contributed by atoms with Crippen LogP contribution in [0.5, 0.6) is 0 Å². The first-order chi connectivity index (χ1) is 9.34. The van der Waals surface area contributed by atoms with Gasteiger partial charge in [-0.15, -0.1) is 0 Å². The number of aryl methyl sites for hydroxylation is 1. The number of hydrogen-bond donors (Lipinski definition) is 1. The molecule has 0 saturated carbocycles. The van der Waals surface area contributed by atoms with Crippen molar-refractivity contribution in [2.45, 2.75) is 13.0 Å². The molecule has 1 aliphatic heterocycles. The number of rotatable bonds is 2. The number of allylic oxidation sites excluding steroid dienone is 2. The number of benzene rings is 2. The lowest BCUT2D eigenvalue weighted by molar-refractivity contribution is -0.622. The van der Waals surface area contributed by atoms with Gasteiger partial charge in [0.15, 0.2) is 0 Å². The molecule has 0 radical (unpaired) electrons. The third kappa shape index (κ3) is 2.51. The molecule has 0 fully saturated rings. The van der Waals surface area contributed by atoms with E-state index in [1.54, 1.807) is 0 Å². The van der Waals surface area contributed by atoms with E-state index in [0.29, 0.717) is 6.04 Å². The molecule has 0 bridgehead atoms. The van der Waals surface area contributed by atoms with Gasteiger partial charge in [-0.2, -0.15) is 0 Å². The molecular formula is C18H18N+. The third-order valence-electron chi connectivity index (χ3n) is 3.61. The van der Waals surface area contributed by atoms with Crippen LogP contribution < -0.4 is 5.32 Å². The zero-order chi connectivity index (χ0) is 13.1. The van der Waals surface area contributed by atoms with Crippen molar-refractivity contribution in [1.82, 2.24) is 0 Å². The van der Waals surface area contributed by atoms with Crippen LogP contribution in [0.1, 0.15) is 17.2 Å². The van der Waals surface area contributed by atoms with Gasteiger partial charge in [0.2, 0.25) is 0 Å². The van der Waals surface area contributed by atoms with Gasteiger partial charge in [0.05, 0.1) is 6.20 Å². The average Bonchev–Trinajstić information content (AvgIpc) is 2.49. The summed E-state index contributed by atoms with van der Waals surface area (Å²) >= 11 is 0. The highest BCUT2D eigenvalue weighted by Gasteiger charge is 2.11. The maximum Gasteiger partial charge on any atom is 0.135 e. The molecule has 0 saturated heterocycles. The van der Waals surface area contributed by atoms with Crippen LogP contribution >= 0.6 is 0 Å². The molecule has 2 aromatic carbocycles. The monoisotopic (exact) mass is 248 g/mol. The minimum atomic E-state index is 0.413. The summed E-state index contributed by atoms with van der Waals surface area (Å²) in [6, 6.07) is 17.8. The fourth-order valence-electron chi connectivity index (χ4n) is 2.50. The lowest BCUT2D eigenvalue weighted by Gasteiger charge is -2.12. The van der Waals surface area contributed by atoms with Gasteiger partial charge < -0.3 is 5.32 Å². The molecule has 1 atom stereocenters. The van der Waals surface area contributed by atoms with E-state index in [9.17, 15) is 0 Å². The first-order valence-corrected chi connectivity index (χ1v) is 6.69. The van der Waals surface area contributed by atoms with E-state index < -0.39 is 0 Å². The Balaban J connectivity index is 1.89. The molecule has 1 unspecified atom stereocenters. The second kappa shape index (κ2) is 5.25. The fourth-order valence-corrected chi connectivity index (χ4v) is 2.50. The standard InChI is InChI=1S/C18H17N/c1-14-6-2-3-7-17(14)15-9-11-16(12-10-15)18-8-4-5-13-19-18/h2-13,18-19H,1H3/p+1. The van der Waals surface area contributed by atoms with Crippen LogP contribution in [-0.2, 0) is 0 Å². The largest absolute Gasteiger partial charge is 0.311 e. The average molecular weight is 248 g/mol. The van der Waals surface area contributed by atoms with Gasteiger partial charge in [0.1, 0.15) is 6.04 Å². The molecule has 2 N–H and O–H groups in total. The van der Waals surface area contributed by atoms with Crippen LogP contribution in [0, 0.1) is 6.92 Å². The smallest absolute Gasteiger partial charge is 0.135 e. The van der Waals surface area contributed by atoms with E-state index in [1.807, 2.05) is 0 Å². The van der Waals surface area contributed by atoms with Crippen molar-refractivity contribution in [2.75, 3.05) is 0 Å². The van der Waals surface area contributed by atoms with Crippen molar-refractivity contribution in [3.8, 4) is 11.1 Å². The normalized spacial score (nSPS) is 17.6. The maximum absolute atomic E-state index is 2.23. The summed E-state index contributed by atoms with van der Waals surface area (Å²) in [4.78, 5) is 0. The van der Waals surface area contributed by atoms with Gasteiger partial charge in [0, 0.05) is 5.56 Å². The Morgan fingerprint density at radius 1 is 0.895 bits per heavy atom. The third-order valence-corrected chi connectivity index (χ3v) is 3.61. The van der Waals surface area contributed by atoms with E-state index in [2.05, 4.69) is 85.2 Å². The fraction of sp³-hybridized carbons (Fsp3) is 0.111. The number of hydrogen-bond acceptors (Lipinski definition) is 0. The van der Waals surface area contributed by atoms with E-state index in [0.717, 1.165) is 0 Å². The first kappa shape index (κ1) is 11.9. The highest BCUT2D eigenvalue weighted by atomic mass is 14.9. The van der Waals surface area contributed by atoms with Gasteiger partial charge in [-0.05, 0) is 35.8 Å². The minimum absolute atomic E-state index is 0.413. The highest BCUT2D eigenvalue weighted by Crippen LogP contribution is 2.24. The summed E-state index contributed by atoms with van der Waals surface area (Å²) in [7, 11) is 0. The van der Waals surface area contributed by atoms with E-state index >= 15 is 0 Å². The molecule has 0 aromatic heterocycles. The van der Waals surface area contributed by atoms with Gasteiger partial charge in [-0.1, -0.05) is 54.6 Å². The summed E-state index contributed by atoms with van der Waals surface area (Å²) in [5.74, 6) is 0. The number of nitrogens with two attached hydrogens (primary N) is 1. The van der Waals surface area contributed by atoms with Crippen molar-refractivity contribution in [1.29, 1.82) is 0 Å². The predicted molar refractivity (Wildman–Crippen MR) is 79.6 cm³/mol. The Bertz CT molecular complexity index is 620. The summed E-state index contributed by atoms with van der Waals surface area (Å²) in [6.07, 6.45) is 8.51. The Kier molecular flexibility index (Phi) is 3.30. The molecule has 1 aliphatic rings. The van der Waals surface area contributed by atoms with Crippen LogP contribution in [0.2, 0.25) is 0 Å². The summed E-state index contributed by atoms with van der Waals surface area (Å²) in [5.41, 5.74) is 5.27. The summed E-state index contributed by atoms with van der Waals surface area (Å²) in [5, 5.41) is 2.22. The van der Waals surface area contributed by atoms with Gasteiger partial charge in [-0.3, -0.25) is 0 Å². The van der Waals surface area contributed by atoms with E-state index in [4.69, 9.17) is 0 Å². The second-order valence-electron chi connectivity index (χ2n) is 4.92. The first-order valence-electron chi connectivity index (χ1n) is 6.69. The van der Waals surface area contributed by atoms with Crippen molar-refractivity contribution in [3.05, 3.63) is 84.1 Å². The SMILES string of the molecule is Cc1ccccc1-c1ccc(C2C=CC=C[NH2+]2)cc1. The van der Waals surface area contributed by atoms with E-state index in [-0.39, 0.29) is 0 Å². The zero-order valence-corrected chi connectivity index (χ0v) is 11.1. The van der Waals surface area contributed by atoms with Gasteiger partial charge in [-0.25, -0.2) is 0 Å². The zero-order valence-electron chi connectivity index (χ0n) is 11.1. The molecule has 1 nitrogen and oxygen atoms in total. The van der Waals surface area contributed by atoms with Crippen molar-refractivity contribution < 1.29 is 5.32 Å². The lowest BCUT2D eigenvalue weighted by Crippen LogP contribution is -2.79. The lowest BCUT2D eigenvalue weighted by atomic mass is 9.97. The van der Waals surface area contributed by atoms with Crippen LogP contribution in [0.4, 0.5) is 0 Å². The molecule has 3 rings (SSSR count). The number of quaternary nitrogens is 1. The van der Waals surface area contributed by atoms with Crippen LogP contribution in [0.3, 0.4) is 0 Å².